The molecule has 0 aliphatic heterocycles. The highest BCUT2D eigenvalue weighted by Gasteiger charge is 2.12. The molecule has 3 rings (SSSR count). The molecule has 2 aromatic carbocycles. The highest BCUT2D eigenvalue weighted by atomic mass is 16.6. The quantitative estimate of drug-likeness (QED) is 0.539. The molecule has 1 aromatic heterocycles. The second-order valence-corrected chi connectivity index (χ2v) is 5.15. The van der Waals surface area contributed by atoms with Gasteiger partial charge >= 0.3 is 0 Å². The molecule has 8 nitrogen and oxygen atoms in total. The summed E-state index contributed by atoms with van der Waals surface area (Å²) in [7, 11) is 1.77. The van der Waals surface area contributed by atoms with Gasteiger partial charge in [-0.2, -0.15) is 5.10 Å². The fourth-order valence-corrected chi connectivity index (χ4v) is 2.39. The predicted molar refractivity (Wildman–Crippen MR) is 87.4 cm³/mol. The zero-order chi connectivity index (χ0) is 17.3. The van der Waals surface area contributed by atoms with Crippen LogP contribution in [-0.2, 0) is 7.05 Å². The minimum Gasteiger partial charge on any atom is -0.267 e. The number of aryl methyl sites for hydroxylation is 1. The molecule has 1 heterocycles. The standard InChI is InChI=1S/C16H12N4O4/c1-18-16(12-4-8-14(9-5-12)20(23)24)10-15(17-18)11-2-6-13(7-3-11)19(21)22/h2-10H,1H3. The fraction of sp³-hybridized carbons (Fsp3) is 0.0625. The van der Waals surface area contributed by atoms with Crippen LogP contribution in [0.1, 0.15) is 0 Å². The first kappa shape index (κ1) is 15.3. The lowest BCUT2D eigenvalue weighted by molar-refractivity contribution is -0.385. The van der Waals surface area contributed by atoms with E-state index in [2.05, 4.69) is 5.10 Å². The predicted octanol–water partition coefficient (Wildman–Crippen LogP) is 3.57. The molecule has 0 spiro atoms. The van der Waals surface area contributed by atoms with Gasteiger partial charge in [-0.3, -0.25) is 24.9 Å². The van der Waals surface area contributed by atoms with Crippen LogP contribution in [0.3, 0.4) is 0 Å². The Balaban J connectivity index is 1.95. The molecule has 0 aliphatic carbocycles. The average Bonchev–Trinajstić information content (AvgIpc) is 2.97. The summed E-state index contributed by atoms with van der Waals surface area (Å²) in [4.78, 5) is 20.5. The van der Waals surface area contributed by atoms with Crippen molar-refractivity contribution in [1.29, 1.82) is 0 Å². The molecule has 120 valence electrons. The molecule has 0 amide bonds. The largest absolute Gasteiger partial charge is 0.269 e. The Labute approximate surface area is 136 Å². The van der Waals surface area contributed by atoms with Gasteiger partial charge in [-0.1, -0.05) is 0 Å². The van der Waals surface area contributed by atoms with E-state index < -0.39 is 9.85 Å². The van der Waals surface area contributed by atoms with Crippen molar-refractivity contribution in [1.82, 2.24) is 9.78 Å². The van der Waals surface area contributed by atoms with Gasteiger partial charge < -0.3 is 0 Å². The van der Waals surface area contributed by atoms with Crippen molar-refractivity contribution in [2.45, 2.75) is 0 Å². The molecule has 0 bridgehead atoms. The lowest BCUT2D eigenvalue weighted by Gasteiger charge is -2.00. The van der Waals surface area contributed by atoms with Crippen LogP contribution in [0.25, 0.3) is 22.5 Å². The summed E-state index contributed by atoms with van der Waals surface area (Å²) in [5.41, 5.74) is 3.05. The number of hydrogen-bond donors (Lipinski definition) is 0. The maximum Gasteiger partial charge on any atom is 0.269 e. The molecule has 0 fully saturated rings. The minimum absolute atomic E-state index is 0.0188. The molecule has 0 aliphatic rings. The third kappa shape index (κ3) is 2.84. The van der Waals surface area contributed by atoms with E-state index >= 15 is 0 Å². The summed E-state index contributed by atoms with van der Waals surface area (Å²) in [6.45, 7) is 0. The number of non-ortho nitro benzene ring substituents is 2. The van der Waals surface area contributed by atoms with Gasteiger partial charge in [0, 0.05) is 42.4 Å². The molecule has 0 saturated heterocycles. The van der Waals surface area contributed by atoms with Gasteiger partial charge in [0.05, 0.1) is 21.2 Å². The van der Waals surface area contributed by atoms with Crippen LogP contribution in [0, 0.1) is 20.2 Å². The number of nitrogens with zero attached hydrogens (tertiary/aromatic N) is 4. The first-order chi connectivity index (χ1) is 11.5. The zero-order valence-corrected chi connectivity index (χ0v) is 12.6. The molecule has 8 heteroatoms. The molecule has 0 N–H and O–H groups in total. The second kappa shape index (κ2) is 5.92. The van der Waals surface area contributed by atoms with Crippen LogP contribution < -0.4 is 0 Å². The van der Waals surface area contributed by atoms with Crippen molar-refractivity contribution >= 4 is 11.4 Å². The summed E-state index contributed by atoms with van der Waals surface area (Å²) in [6, 6.07) is 14.2. The second-order valence-electron chi connectivity index (χ2n) is 5.15. The van der Waals surface area contributed by atoms with Gasteiger partial charge in [0.25, 0.3) is 11.4 Å². The zero-order valence-electron chi connectivity index (χ0n) is 12.6. The van der Waals surface area contributed by atoms with Gasteiger partial charge in [0.1, 0.15) is 0 Å². The lowest BCUT2D eigenvalue weighted by atomic mass is 10.1. The maximum atomic E-state index is 10.7. The van der Waals surface area contributed by atoms with Crippen LogP contribution in [0.4, 0.5) is 11.4 Å². The summed E-state index contributed by atoms with van der Waals surface area (Å²) in [5, 5.41) is 25.8. The summed E-state index contributed by atoms with van der Waals surface area (Å²) in [5.74, 6) is 0. The van der Waals surface area contributed by atoms with Crippen LogP contribution in [-0.4, -0.2) is 19.6 Å². The van der Waals surface area contributed by atoms with E-state index in [-0.39, 0.29) is 11.4 Å². The topological polar surface area (TPSA) is 104 Å². The van der Waals surface area contributed by atoms with Gasteiger partial charge in [0.2, 0.25) is 0 Å². The molecule has 0 atom stereocenters. The number of hydrogen-bond acceptors (Lipinski definition) is 5. The van der Waals surface area contributed by atoms with E-state index in [0.29, 0.717) is 5.69 Å². The molecule has 0 unspecified atom stereocenters. The molecule has 0 saturated carbocycles. The van der Waals surface area contributed by atoms with Gasteiger partial charge in [0.15, 0.2) is 0 Å². The van der Waals surface area contributed by atoms with Crippen molar-refractivity contribution in [3.05, 3.63) is 74.8 Å². The van der Waals surface area contributed by atoms with E-state index in [9.17, 15) is 20.2 Å². The Hall–Kier alpha value is -3.55. The van der Waals surface area contributed by atoms with Crippen molar-refractivity contribution in [3.63, 3.8) is 0 Å². The van der Waals surface area contributed by atoms with E-state index in [1.165, 1.54) is 24.3 Å². The van der Waals surface area contributed by atoms with Crippen LogP contribution in [0.2, 0.25) is 0 Å². The number of aromatic nitrogens is 2. The van der Waals surface area contributed by atoms with E-state index in [4.69, 9.17) is 0 Å². The number of benzene rings is 2. The Morgan fingerprint density at radius 3 is 1.75 bits per heavy atom. The SMILES string of the molecule is Cn1nc(-c2ccc([N+](=O)[O-])cc2)cc1-c1ccc([N+](=O)[O-])cc1. The summed E-state index contributed by atoms with van der Waals surface area (Å²) in [6.07, 6.45) is 0. The first-order valence-electron chi connectivity index (χ1n) is 6.99. The Morgan fingerprint density at radius 1 is 0.833 bits per heavy atom. The maximum absolute atomic E-state index is 10.7. The normalized spacial score (nSPS) is 10.5. The average molecular weight is 324 g/mol. The smallest absolute Gasteiger partial charge is 0.267 e. The molecular weight excluding hydrogens is 312 g/mol. The number of rotatable bonds is 4. The highest BCUT2D eigenvalue weighted by molar-refractivity contribution is 5.69. The molecule has 0 radical (unpaired) electrons. The first-order valence-corrected chi connectivity index (χ1v) is 6.99. The van der Waals surface area contributed by atoms with E-state index in [1.54, 1.807) is 36.0 Å². The van der Waals surface area contributed by atoms with E-state index in [1.807, 2.05) is 6.07 Å². The van der Waals surface area contributed by atoms with Gasteiger partial charge in [-0.25, -0.2) is 0 Å². The third-order valence-corrected chi connectivity index (χ3v) is 3.63. The lowest BCUT2D eigenvalue weighted by Crippen LogP contribution is -1.94. The Kier molecular flexibility index (Phi) is 3.78. The molecule has 3 aromatic rings. The van der Waals surface area contributed by atoms with Crippen molar-refractivity contribution in [3.8, 4) is 22.5 Å². The Morgan fingerprint density at radius 2 is 1.29 bits per heavy atom. The van der Waals surface area contributed by atoms with E-state index in [0.717, 1.165) is 16.8 Å². The molecule has 24 heavy (non-hydrogen) atoms. The monoisotopic (exact) mass is 324 g/mol. The minimum atomic E-state index is -0.454. The molecular formula is C16H12N4O4. The van der Waals surface area contributed by atoms with Crippen LogP contribution in [0.15, 0.2) is 54.6 Å². The number of nitro benzene ring substituents is 2. The Bertz CT molecular complexity index is 914. The third-order valence-electron chi connectivity index (χ3n) is 3.63. The van der Waals surface area contributed by atoms with Crippen molar-refractivity contribution in [2.75, 3.05) is 0 Å². The fourth-order valence-electron chi connectivity index (χ4n) is 2.39. The van der Waals surface area contributed by atoms with Gasteiger partial charge in [-0.15, -0.1) is 0 Å². The van der Waals surface area contributed by atoms with Gasteiger partial charge in [-0.05, 0) is 30.3 Å². The van der Waals surface area contributed by atoms with Crippen molar-refractivity contribution in [2.24, 2.45) is 7.05 Å². The summed E-state index contributed by atoms with van der Waals surface area (Å²) >= 11 is 0. The van der Waals surface area contributed by atoms with Crippen LogP contribution >= 0.6 is 0 Å². The highest BCUT2D eigenvalue weighted by Crippen LogP contribution is 2.28. The van der Waals surface area contributed by atoms with Crippen LogP contribution in [0.5, 0.6) is 0 Å². The summed E-state index contributed by atoms with van der Waals surface area (Å²) < 4.78 is 1.66. The van der Waals surface area contributed by atoms with Crippen molar-refractivity contribution < 1.29 is 9.85 Å². The number of nitro groups is 2.